The summed E-state index contributed by atoms with van der Waals surface area (Å²) in [5.74, 6) is 0.903. The summed E-state index contributed by atoms with van der Waals surface area (Å²) >= 11 is 1.80. The predicted molar refractivity (Wildman–Crippen MR) is 104 cm³/mol. The molecule has 0 aliphatic heterocycles. The predicted octanol–water partition coefficient (Wildman–Crippen LogP) is 2.46. The third-order valence-corrected chi connectivity index (χ3v) is 5.25. The van der Waals surface area contributed by atoms with Crippen LogP contribution in [0.2, 0.25) is 0 Å². The Hall–Kier alpha value is -1.86. The SMILES string of the molecule is CN=C(NCc1c(C)nn(CCOC)c1C)N(C)CCc1cccs1. The Kier molecular flexibility index (Phi) is 7.46. The van der Waals surface area contributed by atoms with E-state index in [9.17, 15) is 0 Å². The fourth-order valence-electron chi connectivity index (χ4n) is 2.78. The van der Waals surface area contributed by atoms with Gasteiger partial charge in [0, 0.05) is 50.4 Å². The van der Waals surface area contributed by atoms with E-state index in [1.165, 1.54) is 16.1 Å². The highest BCUT2D eigenvalue weighted by atomic mass is 32.1. The first-order valence-corrected chi connectivity index (χ1v) is 9.40. The van der Waals surface area contributed by atoms with E-state index in [1.54, 1.807) is 18.4 Å². The number of likely N-dealkylation sites (N-methyl/N-ethyl adjacent to an activating group) is 1. The van der Waals surface area contributed by atoms with E-state index in [-0.39, 0.29) is 0 Å². The van der Waals surface area contributed by atoms with Crippen LogP contribution in [0.1, 0.15) is 21.8 Å². The van der Waals surface area contributed by atoms with Gasteiger partial charge in [-0.1, -0.05) is 6.07 Å². The second kappa shape index (κ2) is 9.58. The van der Waals surface area contributed by atoms with Gasteiger partial charge in [-0.05, 0) is 31.7 Å². The smallest absolute Gasteiger partial charge is 0.193 e. The van der Waals surface area contributed by atoms with Gasteiger partial charge in [0.1, 0.15) is 0 Å². The molecule has 0 aliphatic rings. The van der Waals surface area contributed by atoms with Gasteiger partial charge in [0.15, 0.2) is 5.96 Å². The normalized spacial score (nSPS) is 11.8. The topological polar surface area (TPSA) is 54.7 Å². The van der Waals surface area contributed by atoms with Gasteiger partial charge in [-0.2, -0.15) is 5.10 Å². The molecule has 0 atom stereocenters. The maximum atomic E-state index is 5.15. The summed E-state index contributed by atoms with van der Waals surface area (Å²) < 4.78 is 7.17. The van der Waals surface area contributed by atoms with E-state index in [2.05, 4.69) is 58.7 Å². The number of aromatic nitrogens is 2. The highest BCUT2D eigenvalue weighted by Gasteiger charge is 2.13. The minimum atomic E-state index is 0.669. The minimum absolute atomic E-state index is 0.669. The van der Waals surface area contributed by atoms with Crippen LogP contribution in [0.5, 0.6) is 0 Å². The average molecular weight is 364 g/mol. The summed E-state index contributed by atoms with van der Waals surface area (Å²) in [5, 5.41) is 10.2. The van der Waals surface area contributed by atoms with Gasteiger partial charge in [-0.15, -0.1) is 11.3 Å². The number of hydrogen-bond acceptors (Lipinski definition) is 4. The van der Waals surface area contributed by atoms with Crippen molar-refractivity contribution in [1.82, 2.24) is 20.0 Å². The molecular formula is C18H29N5OS. The molecule has 0 amide bonds. The van der Waals surface area contributed by atoms with Crippen LogP contribution in [0.15, 0.2) is 22.5 Å². The van der Waals surface area contributed by atoms with Gasteiger partial charge < -0.3 is 15.0 Å². The number of ether oxygens (including phenoxy) is 1. The number of guanidine groups is 1. The molecule has 0 saturated heterocycles. The third kappa shape index (κ3) is 5.31. The van der Waals surface area contributed by atoms with Crippen LogP contribution in [-0.4, -0.2) is 55.0 Å². The van der Waals surface area contributed by atoms with Crippen molar-refractivity contribution in [2.45, 2.75) is 33.4 Å². The third-order valence-electron chi connectivity index (χ3n) is 4.31. The standard InChI is InChI=1S/C18H29N5OS/c1-14-17(15(2)23(21-14)10-11-24-5)13-20-18(19-3)22(4)9-8-16-7-6-12-25-16/h6-7,12H,8-11,13H2,1-5H3,(H,19,20). The van der Waals surface area contributed by atoms with Crippen molar-refractivity contribution in [3.05, 3.63) is 39.3 Å². The number of methoxy groups -OCH3 is 1. The van der Waals surface area contributed by atoms with Gasteiger partial charge in [0.25, 0.3) is 0 Å². The molecule has 0 aromatic carbocycles. The Morgan fingerprint density at radius 2 is 2.24 bits per heavy atom. The van der Waals surface area contributed by atoms with E-state index >= 15 is 0 Å². The molecule has 2 rings (SSSR count). The minimum Gasteiger partial charge on any atom is -0.383 e. The maximum Gasteiger partial charge on any atom is 0.193 e. The molecule has 0 unspecified atom stereocenters. The lowest BCUT2D eigenvalue weighted by molar-refractivity contribution is 0.182. The lowest BCUT2D eigenvalue weighted by Gasteiger charge is -2.22. The van der Waals surface area contributed by atoms with E-state index < -0.39 is 0 Å². The van der Waals surface area contributed by atoms with E-state index in [4.69, 9.17) is 4.74 Å². The molecule has 6 nitrogen and oxygen atoms in total. The first-order chi connectivity index (χ1) is 12.1. The van der Waals surface area contributed by atoms with Crippen LogP contribution in [-0.2, 0) is 24.2 Å². The number of hydrogen-bond donors (Lipinski definition) is 1. The van der Waals surface area contributed by atoms with Crippen LogP contribution in [0.25, 0.3) is 0 Å². The zero-order chi connectivity index (χ0) is 18.2. The van der Waals surface area contributed by atoms with Crippen LogP contribution in [0.3, 0.4) is 0 Å². The molecule has 7 heteroatoms. The monoisotopic (exact) mass is 363 g/mol. The fourth-order valence-corrected chi connectivity index (χ4v) is 3.47. The van der Waals surface area contributed by atoms with Gasteiger partial charge in [-0.25, -0.2) is 0 Å². The number of nitrogens with zero attached hydrogens (tertiary/aromatic N) is 4. The summed E-state index contributed by atoms with van der Waals surface area (Å²) in [6, 6.07) is 4.27. The molecule has 0 spiro atoms. The van der Waals surface area contributed by atoms with Crippen LogP contribution in [0, 0.1) is 13.8 Å². The number of rotatable bonds is 8. The average Bonchev–Trinajstić information content (AvgIpc) is 3.21. The lowest BCUT2D eigenvalue weighted by Crippen LogP contribution is -2.39. The summed E-state index contributed by atoms with van der Waals surface area (Å²) in [7, 11) is 5.61. The molecule has 0 bridgehead atoms. The Balaban J connectivity index is 1.92. The fraction of sp³-hybridized carbons (Fsp3) is 0.556. The van der Waals surface area contributed by atoms with Crippen LogP contribution in [0.4, 0.5) is 0 Å². The molecule has 2 aromatic rings. The summed E-state index contributed by atoms with van der Waals surface area (Å²) in [6.45, 7) is 7.26. The number of nitrogens with one attached hydrogen (secondary N) is 1. The van der Waals surface area contributed by atoms with E-state index in [0.29, 0.717) is 6.61 Å². The number of aliphatic imine (C=N–C) groups is 1. The van der Waals surface area contributed by atoms with Crippen molar-refractivity contribution in [3.63, 3.8) is 0 Å². The Bertz CT molecular complexity index is 678. The highest BCUT2D eigenvalue weighted by molar-refractivity contribution is 7.09. The van der Waals surface area contributed by atoms with E-state index in [1.807, 2.05) is 11.7 Å². The van der Waals surface area contributed by atoms with Crippen molar-refractivity contribution in [2.24, 2.45) is 4.99 Å². The molecule has 138 valence electrons. The zero-order valence-electron chi connectivity index (χ0n) is 15.9. The van der Waals surface area contributed by atoms with Crippen LogP contribution >= 0.6 is 11.3 Å². The Labute approximate surface area is 154 Å². The largest absolute Gasteiger partial charge is 0.383 e. The molecule has 25 heavy (non-hydrogen) atoms. The van der Waals surface area contributed by atoms with Gasteiger partial charge >= 0.3 is 0 Å². The molecule has 0 fully saturated rings. The molecule has 2 heterocycles. The van der Waals surface area contributed by atoms with Gasteiger partial charge in [-0.3, -0.25) is 9.67 Å². The first-order valence-electron chi connectivity index (χ1n) is 8.52. The summed E-state index contributed by atoms with van der Waals surface area (Å²) in [5.41, 5.74) is 3.46. The van der Waals surface area contributed by atoms with Crippen molar-refractivity contribution in [1.29, 1.82) is 0 Å². The van der Waals surface area contributed by atoms with Crippen molar-refractivity contribution >= 4 is 17.3 Å². The molecule has 0 saturated carbocycles. The molecular weight excluding hydrogens is 334 g/mol. The Morgan fingerprint density at radius 1 is 1.44 bits per heavy atom. The van der Waals surface area contributed by atoms with Crippen molar-refractivity contribution in [2.75, 3.05) is 34.4 Å². The second-order valence-corrected chi connectivity index (χ2v) is 7.05. The van der Waals surface area contributed by atoms with Crippen molar-refractivity contribution in [3.8, 4) is 0 Å². The molecule has 1 N–H and O–H groups in total. The summed E-state index contributed by atoms with van der Waals surface area (Å²) in [6.07, 6.45) is 1.03. The molecule has 0 aliphatic carbocycles. The lowest BCUT2D eigenvalue weighted by atomic mass is 10.2. The van der Waals surface area contributed by atoms with Crippen LogP contribution < -0.4 is 5.32 Å². The van der Waals surface area contributed by atoms with E-state index in [0.717, 1.165) is 37.7 Å². The highest BCUT2D eigenvalue weighted by Crippen LogP contribution is 2.13. The second-order valence-electron chi connectivity index (χ2n) is 6.02. The van der Waals surface area contributed by atoms with Gasteiger partial charge in [0.05, 0.1) is 18.8 Å². The summed E-state index contributed by atoms with van der Waals surface area (Å²) in [4.78, 5) is 7.97. The number of thiophene rings is 1. The quantitative estimate of drug-likeness (QED) is 0.578. The van der Waals surface area contributed by atoms with Crippen molar-refractivity contribution < 1.29 is 4.74 Å². The zero-order valence-corrected chi connectivity index (χ0v) is 16.7. The maximum absolute atomic E-state index is 5.15. The Morgan fingerprint density at radius 3 is 2.88 bits per heavy atom. The number of aryl methyl sites for hydroxylation is 1. The first kappa shape index (κ1) is 19.5. The molecule has 0 radical (unpaired) electrons. The van der Waals surface area contributed by atoms with Gasteiger partial charge in [0.2, 0.25) is 0 Å². The molecule has 2 aromatic heterocycles.